The summed E-state index contributed by atoms with van der Waals surface area (Å²) in [7, 11) is 0. The highest BCUT2D eigenvalue weighted by atomic mass is 16.3. The monoisotopic (exact) mass is 244 g/mol. The third-order valence-corrected chi connectivity index (χ3v) is 3.17. The van der Waals surface area contributed by atoms with Gasteiger partial charge in [0.25, 0.3) is 0 Å². The molecule has 0 aliphatic carbocycles. The Balaban J connectivity index is 2.01. The number of likely N-dealkylation sites (tertiary alicyclic amines) is 1. The predicted molar refractivity (Wildman–Crippen MR) is 70.0 cm³/mol. The van der Waals surface area contributed by atoms with Crippen LogP contribution < -0.4 is 5.32 Å². The fraction of sp³-hybridized carbons (Fsp3) is 1.00. The van der Waals surface area contributed by atoms with Crippen LogP contribution in [0.15, 0.2) is 0 Å². The van der Waals surface area contributed by atoms with E-state index in [1.807, 2.05) is 0 Å². The quantitative estimate of drug-likeness (QED) is 0.580. The van der Waals surface area contributed by atoms with E-state index in [4.69, 9.17) is 0 Å². The molecule has 1 aliphatic heterocycles. The number of nitrogens with zero attached hydrogens (tertiary/aromatic N) is 1. The summed E-state index contributed by atoms with van der Waals surface area (Å²) in [6, 6.07) is 0. The third kappa shape index (κ3) is 6.99. The maximum absolute atomic E-state index is 9.82. The lowest BCUT2D eigenvalue weighted by molar-refractivity contribution is 0.109. The average Bonchev–Trinajstić information content (AvgIpc) is 2.69. The molecule has 0 bridgehead atoms. The first-order valence-corrected chi connectivity index (χ1v) is 6.87. The zero-order chi connectivity index (χ0) is 12.7. The lowest BCUT2D eigenvalue weighted by Gasteiger charge is -2.20. The highest BCUT2D eigenvalue weighted by Crippen LogP contribution is 2.07. The Morgan fingerprint density at radius 1 is 1.06 bits per heavy atom. The second-order valence-electron chi connectivity index (χ2n) is 5.60. The van der Waals surface area contributed by atoms with Crippen molar-refractivity contribution < 1.29 is 10.2 Å². The van der Waals surface area contributed by atoms with Crippen LogP contribution >= 0.6 is 0 Å². The smallest absolute Gasteiger partial charge is 0.0791 e. The van der Waals surface area contributed by atoms with Gasteiger partial charge in [-0.15, -0.1) is 0 Å². The molecule has 0 aromatic rings. The van der Waals surface area contributed by atoms with Gasteiger partial charge in [0.1, 0.15) is 0 Å². The number of aliphatic hydroxyl groups excluding tert-OH is 2. The van der Waals surface area contributed by atoms with E-state index in [0.717, 1.165) is 26.1 Å². The van der Waals surface area contributed by atoms with E-state index >= 15 is 0 Å². The number of hydrogen-bond acceptors (Lipinski definition) is 4. The zero-order valence-electron chi connectivity index (χ0n) is 11.2. The number of hydrogen-bond donors (Lipinski definition) is 3. The van der Waals surface area contributed by atoms with E-state index in [1.165, 1.54) is 12.8 Å². The number of nitrogens with one attached hydrogen (secondary N) is 1. The summed E-state index contributed by atoms with van der Waals surface area (Å²) in [5.41, 5.74) is 0. The molecule has 1 saturated heterocycles. The van der Waals surface area contributed by atoms with Crippen LogP contribution in [0.4, 0.5) is 0 Å². The molecule has 102 valence electrons. The zero-order valence-corrected chi connectivity index (χ0v) is 11.2. The molecule has 1 heterocycles. The minimum absolute atomic E-state index is 0.297. The molecule has 0 saturated carbocycles. The van der Waals surface area contributed by atoms with Crippen LogP contribution in [-0.2, 0) is 0 Å². The lowest BCUT2D eigenvalue weighted by atomic mass is 10.1. The van der Waals surface area contributed by atoms with Crippen molar-refractivity contribution in [3.63, 3.8) is 0 Å². The van der Waals surface area contributed by atoms with Crippen LogP contribution in [0.1, 0.15) is 33.1 Å². The van der Waals surface area contributed by atoms with Gasteiger partial charge in [0, 0.05) is 19.6 Å². The molecule has 4 heteroatoms. The molecule has 0 spiro atoms. The van der Waals surface area contributed by atoms with E-state index < -0.39 is 0 Å². The highest BCUT2D eigenvalue weighted by Gasteiger charge is 2.15. The topological polar surface area (TPSA) is 55.7 Å². The summed E-state index contributed by atoms with van der Waals surface area (Å²) >= 11 is 0. The van der Waals surface area contributed by atoms with Crippen molar-refractivity contribution >= 4 is 0 Å². The third-order valence-electron chi connectivity index (χ3n) is 3.17. The molecule has 0 amide bonds. The van der Waals surface area contributed by atoms with E-state index in [9.17, 15) is 10.2 Å². The Labute approximate surface area is 105 Å². The second kappa shape index (κ2) is 8.03. The molecule has 2 unspecified atom stereocenters. The molecule has 1 rings (SSSR count). The van der Waals surface area contributed by atoms with Gasteiger partial charge in [0.15, 0.2) is 0 Å². The van der Waals surface area contributed by atoms with Gasteiger partial charge in [-0.25, -0.2) is 0 Å². The van der Waals surface area contributed by atoms with Gasteiger partial charge in [0.05, 0.1) is 12.2 Å². The minimum Gasteiger partial charge on any atom is -0.392 e. The summed E-state index contributed by atoms with van der Waals surface area (Å²) in [5.74, 6) is 0.515. The molecule has 0 radical (unpaired) electrons. The Bertz CT molecular complexity index is 194. The number of rotatable bonds is 8. The highest BCUT2D eigenvalue weighted by molar-refractivity contribution is 4.72. The molecule has 3 N–H and O–H groups in total. The van der Waals surface area contributed by atoms with E-state index in [1.54, 1.807) is 0 Å². The Morgan fingerprint density at radius 2 is 1.65 bits per heavy atom. The molecular weight excluding hydrogens is 216 g/mol. The molecule has 1 aliphatic rings. The summed E-state index contributed by atoms with van der Waals surface area (Å²) < 4.78 is 0. The van der Waals surface area contributed by atoms with Crippen molar-refractivity contribution in [3.05, 3.63) is 0 Å². The van der Waals surface area contributed by atoms with Crippen LogP contribution in [0.25, 0.3) is 0 Å². The van der Waals surface area contributed by atoms with Gasteiger partial charge in [-0.3, -0.25) is 0 Å². The summed E-state index contributed by atoms with van der Waals surface area (Å²) in [5, 5.41) is 22.6. The van der Waals surface area contributed by atoms with Crippen molar-refractivity contribution in [1.82, 2.24) is 10.2 Å². The van der Waals surface area contributed by atoms with Gasteiger partial charge in [-0.1, -0.05) is 13.8 Å². The SMILES string of the molecule is CC(C)CC(O)CNCC(O)CN1CCCC1. The first-order chi connectivity index (χ1) is 8.08. The normalized spacial score (nSPS) is 21.0. The maximum Gasteiger partial charge on any atom is 0.0791 e. The van der Waals surface area contributed by atoms with Crippen LogP contribution in [0.3, 0.4) is 0 Å². The summed E-state index contributed by atoms with van der Waals surface area (Å²) in [6.45, 7) is 8.35. The van der Waals surface area contributed by atoms with Crippen molar-refractivity contribution in [3.8, 4) is 0 Å². The van der Waals surface area contributed by atoms with Gasteiger partial charge in [-0.05, 0) is 38.3 Å². The fourth-order valence-corrected chi connectivity index (χ4v) is 2.37. The molecule has 4 nitrogen and oxygen atoms in total. The van der Waals surface area contributed by atoms with Gasteiger partial charge in [-0.2, -0.15) is 0 Å². The molecule has 17 heavy (non-hydrogen) atoms. The largest absolute Gasteiger partial charge is 0.392 e. The van der Waals surface area contributed by atoms with Gasteiger partial charge >= 0.3 is 0 Å². The van der Waals surface area contributed by atoms with Crippen LogP contribution in [0.5, 0.6) is 0 Å². The van der Waals surface area contributed by atoms with Crippen LogP contribution in [0, 0.1) is 5.92 Å². The summed E-state index contributed by atoms with van der Waals surface area (Å²) in [6.07, 6.45) is 2.71. The van der Waals surface area contributed by atoms with E-state index in [2.05, 4.69) is 24.1 Å². The molecule has 0 aromatic heterocycles. The molecular formula is C13H28N2O2. The van der Waals surface area contributed by atoms with Crippen molar-refractivity contribution in [2.45, 2.75) is 45.3 Å². The Morgan fingerprint density at radius 3 is 2.24 bits per heavy atom. The van der Waals surface area contributed by atoms with Crippen LogP contribution in [-0.4, -0.2) is 60.0 Å². The first-order valence-electron chi connectivity index (χ1n) is 6.87. The molecule has 2 atom stereocenters. The number of β-amino-alcohol motifs (C(OH)–C–C–N with tert-alkyl or cyclic N) is 1. The average molecular weight is 244 g/mol. The maximum atomic E-state index is 9.82. The van der Waals surface area contributed by atoms with E-state index in [-0.39, 0.29) is 12.2 Å². The van der Waals surface area contributed by atoms with Gasteiger partial charge in [0.2, 0.25) is 0 Å². The molecule has 0 aromatic carbocycles. The van der Waals surface area contributed by atoms with Crippen LogP contribution in [0.2, 0.25) is 0 Å². The Kier molecular flexibility index (Phi) is 7.04. The van der Waals surface area contributed by atoms with Gasteiger partial charge < -0.3 is 20.4 Å². The van der Waals surface area contributed by atoms with Crippen molar-refractivity contribution in [2.75, 3.05) is 32.7 Å². The Hall–Kier alpha value is -0.160. The second-order valence-corrected chi connectivity index (χ2v) is 5.60. The van der Waals surface area contributed by atoms with Crippen molar-refractivity contribution in [1.29, 1.82) is 0 Å². The minimum atomic E-state index is -0.320. The molecule has 1 fully saturated rings. The lowest BCUT2D eigenvalue weighted by Crippen LogP contribution is -2.39. The first kappa shape index (κ1) is 14.9. The standard InChI is InChI=1S/C13H28N2O2/c1-11(2)7-12(16)8-14-9-13(17)10-15-5-3-4-6-15/h11-14,16-17H,3-10H2,1-2H3. The predicted octanol–water partition coefficient (Wildman–Crippen LogP) is 0.440. The van der Waals surface area contributed by atoms with E-state index in [0.29, 0.717) is 19.0 Å². The van der Waals surface area contributed by atoms with Crippen molar-refractivity contribution in [2.24, 2.45) is 5.92 Å². The number of aliphatic hydroxyl groups is 2. The fourth-order valence-electron chi connectivity index (χ4n) is 2.37. The summed E-state index contributed by atoms with van der Waals surface area (Å²) in [4.78, 5) is 2.30.